The molecule has 0 saturated heterocycles. The van der Waals surface area contributed by atoms with Gasteiger partial charge in [-0.3, -0.25) is 4.98 Å². The normalized spacial score (nSPS) is 11.7. The van der Waals surface area contributed by atoms with Crippen LogP contribution in [0.25, 0.3) is 11.5 Å². The first-order valence-electron chi connectivity index (χ1n) is 7.28. The van der Waals surface area contributed by atoms with E-state index in [1.54, 1.807) is 6.20 Å². The lowest BCUT2D eigenvalue weighted by molar-refractivity contribution is 0.422. The van der Waals surface area contributed by atoms with E-state index in [1.165, 1.54) is 5.56 Å². The minimum atomic E-state index is 0.0790. The van der Waals surface area contributed by atoms with Gasteiger partial charge in [0, 0.05) is 35.2 Å². The molecule has 112 valence electrons. The number of nitrogens with zero attached hydrogens (tertiary/aromatic N) is 3. The highest BCUT2D eigenvalue weighted by atomic mass is 15.0. The molecule has 1 N–H and O–H groups in total. The second-order valence-corrected chi connectivity index (χ2v) is 6.52. The van der Waals surface area contributed by atoms with Crippen molar-refractivity contribution in [3.05, 3.63) is 40.8 Å². The van der Waals surface area contributed by atoms with Crippen molar-refractivity contribution in [2.45, 2.75) is 53.6 Å². The fraction of sp³-hybridized carbons (Fsp3) is 0.471. The molecule has 0 radical (unpaired) electrons. The minimum Gasteiger partial charge on any atom is -0.308 e. The first-order valence-corrected chi connectivity index (χ1v) is 7.28. The summed E-state index contributed by atoms with van der Waals surface area (Å²) in [6, 6.07) is 3.99. The van der Waals surface area contributed by atoms with Crippen molar-refractivity contribution in [1.29, 1.82) is 0 Å². The van der Waals surface area contributed by atoms with E-state index >= 15 is 0 Å². The van der Waals surface area contributed by atoms with Gasteiger partial charge in [-0.1, -0.05) is 0 Å². The molecule has 0 aliphatic rings. The van der Waals surface area contributed by atoms with E-state index < -0.39 is 0 Å². The first-order chi connectivity index (χ1) is 9.76. The molecule has 2 heterocycles. The molecule has 0 spiro atoms. The molecule has 4 nitrogen and oxygen atoms in total. The highest BCUT2D eigenvalue weighted by Crippen LogP contribution is 2.18. The first kappa shape index (κ1) is 15.6. The molecule has 2 rings (SSSR count). The lowest BCUT2D eigenvalue weighted by Crippen LogP contribution is -2.35. The molecular formula is C17H24N4. The number of hydrogen-bond donors (Lipinski definition) is 1. The number of pyridine rings is 1. The van der Waals surface area contributed by atoms with E-state index in [9.17, 15) is 0 Å². The standard InChI is InChI=1S/C17H24N4/c1-11-7-8-18-15(9-11)16-20-12(2)14(13(3)21-16)10-19-17(4,5)6/h7-9,19H,10H2,1-6H3. The van der Waals surface area contributed by atoms with Crippen LogP contribution < -0.4 is 5.32 Å². The average molecular weight is 284 g/mol. The summed E-state index contributed by atoms with van der Waals surface area (Å²) in [5.41, 5.74) is 5.26. The van der Waals surface area contributed by atoms with Crippen LogP contribution in [0.5, 0.6) is 0 Å². The van der Waals surface area contributed by atoms with Gasteiger partial charge in [0.1, 0.15) is 5.69 Å². The Morgan fingerprint density at radius 3 is 2.19 bits per heavy atom. The minimum absolute atomic E-state index is 0.0790. The summed E-state index contributed by atoms with van der Waals surface area (Å²) >= 11 is 0. The van der Waals surface area contributed by atoms with Gasteiger partial charge in [0.25, 0.3) is 0 Å². The summed E-state index contributed by atoms with van der Waals surface area (Å²) in [4.78, 5) is 13.6. The molecule has 0 bridgehead atoms. The highest BCUT2D eigenvalue weighted by Gasteiger charge is 2.14. The van der Waals surface area contributed by atoms with Gasteiger partial charge in [-0.25, -0.2) is 9.97 Å². The molecule has 0 amide bonds. The predicted octanol–water partition coefficient (Wildman–Crippen LogP) is 3.35. The van der Waals surface area contributed by atoms with Crippen molar-refractivity contribution < 1.29 is 0 Å². The summed E-state index contributed by atoms with van der Waals surface area (Å²) in [6.45, 7) is 13.4. The van der Waals surface area contributed by atoms with Crippen LogP contribution in [0.15, 0.2) is 18.3 Å². The average Bonchev–Trinajstić information content (AvgIpc) is 2.36. The fourth-order valence-corrected chi connectivity index (χ4v) is 2.12. The fourth-order valence-electron chi connectivity index (χ4n) is 2.12. The lowest BCUT2D eigenvalue weighted by Gasteiger charge is -2.22. The number of rotatable bonds is 3. The zero-order valence-electron chi connectivity index (χ0n) is 13.8. The summed E-state index contributed by atoms with van der Waals surface area (Å²) in [5.74, 6) is 0.702. The van der Waals surface area contributed by atoms with Crippen LogP contribution >= 0.6 is 0 Å². The summed E-state index contributed by atoms with van der Waals surface area (Å²) in [6.07, 6.45) is 1.80. The van der Waals surface area contributed by atoms with E-state index in [4.69, 9.17) is 0 Å². The Bertz CT molecular complexity index is 618. The van der Waals surface area contributed by atoms with Crippen molar-refractivity contribution in [3.8, 4) is 11.5 Å². The van der Waals surface area contributed by atoms with Crippen LogP contribution in [0.3, 0.4) is 0 Å². The molecule has 0 aliphatic carbocycles. The Morgan fingerprint density at radius 2 is 1.67 bits per heavy atom. The Kier molecular flexibility index (Phi) is 4.37. The zero-order chi connectivity index (χ0) is 15.6. The van der Waals surface area contributed by atoms with Crippen LogP contribution in [0, 0.1) is 20.8 Å². The van der Waals surface area contributed by atoms with E-state index in [1.807, 2.05) is 32.9 Å². The third-order valence-electron chi connectivity index (χ3n) is 3.36. The van der Waals surface area contributed by atoms with Crippen molar-refractivity contribution in [2.24, 2.45) is 0 Å². The van der Waals surface area contributed by atoms with Gasteiger partial charge in [-0.15, -0.1) is 0 Å². The lowest BCUT2D eigenvalue weighted by atomic mass is 10.1. The second-order valence-electron chi connectivity index (χ2n) is 6.52. The van der Waals surface area contributed by atoms with Crippen molar-refractivity contribution in [1.82, 2.24) is 20.3 Å². The molecule has 4 heteroatoms. The van der Waals surface area contributed by atoms with Crippen molar-refractivity contribution in [3.63, 3.8) is 0 Å². The molecule has 21 heavy (non-hydrogen) atoms. The van der Waals surface area contributed by atoms with E-state index in [-0.39, 0.29) is 5.54 Å². The van der Waals surface area contributed by atoms with Gasteiger partial charge in [0.05, 0.1) is 0 Å². The molecular weight excluding hydrogens is 260 g/mol. The van der Waals surface area contributed by atoms with Crippen LogP contribution in [0.1, 0.15) is 43.3 Å². The second kappa shape index (κ2) is 5.90. The summed E-state index contributed by atoms with van der Waals surface area (Å²) in [7, 11) is 0. The van der Waals surface area contributed by atoms with Gasteiger partial charge in [-0.2, -0.15) is 0 Å². The smallest absolute Gasteiger partial charge is 0.178 e. The van der Waals surface area contributed by atoms with Gasteiger partial charge in [0.2, 0.25) is 0 Å². The Hall–Kier alpha value is -1.81. The SMILES string of the molecule is Cc1ccnc(-c2nc(C)c(CNC(C)(C)C)c(C)n2)c1. The van der Waals surface area contributed by atoms with Crippen LogP contribution in [-0.2, 0) is 6.54 Å². The Balaban J connectivity index is 2.33. The summed E-state index contributed by atoms with van der Waals surface area (Å²) in [5, 5.41) is 3.49. The van der Waals surface area contributed by atoms with E-state index in [2.05, 4.69) is 41.0 Å². The Morgan fingerprint density at radius 1 is 1.05 bits per heavy atom. The van der Waals surface area contributed by atoms with Gasteiger partial charge < -0.3 is 5.32 Å². The van der Waals surface area contributed by atoms with E-state index in [0.29, 0.717) is 5.82 Å². The van der Waals surface area contributed by atoms with Crippen LogP contribution in [0.4, 0.5) is 0 Å². The summed E-state index contributed by atoms with van der Waals surface area (Å²) < 4.78 is 0. The molecule has 2 aromatic rings. The van der Waals surface area contributed by atoms with Gasteiger partial charge in [0.15, 0.2) is 5.82 Å². The number of aromatic nitrogens is 3. The molecule has 0 saturated carbocycles. The topological polar surface area (TPSA) is 50.7 Å². The largest absolute Gasteiger partial charge is 0.308 e. The Labute approximate surface area is 127 Å². The predicted molar refractivity (Wildman–Crippen MR) is 86.1 cm³/mol. The third kappa shape index (κ3) is 4.08. The van der Waals surface area contributed by atoms with Gasteiger partial charge >= 0.3 is 0 Å². The molecule has 0 fully saturated rings. The molecule has 0 aromatic carbocycles. The van der Waals surface area contributed by atoms with Crippen molar-refractivity contribution in [2.75, 3.05) is 0 Å². The molecule has 0 aliphatic heterocycles. The maximum atomic E-state index is 4.63. The third-order valence-corrected chi connectivity index (χ3v) is 3.36. The molecule has 2 aromatic heterocycles. The van der Waals surface area contributed by atoms with Crippen LogP contribution in [-0.4, -0.2) is 20.5 Å². The monoisotopic (exact) mass is 284 g/mol. The van der Waals surface area contributed by atoms with Gasteiger partial charge in [-0.05, 0) is 59.2 Å². The quantitative estimate of drug-likeness (QED) is 0.939. The highest BCUT2D eigenvalue weighted by molar-refractivity contribution is 5.51. The molecule has 0 unspecified atom stereocenters. The molecule has 0 atom stereocenters. The number of hydrogen-bond acceptors (Lipinski definition) is 4. The maximum Gasteiger partial charge on any atom is 0.178 e. The maximum absolute atomic E-state index is 4.63. The van der Waals surface area contributed by atoms with Crippen molar-refractivity contribution >= 4 is 0 Å². The van der Waals surface area contributed by atoms with E-state index in [0.717, 1.165) is 29.2 Å². The number of aryl methyl sites for hydroxylation is 3. The zero-order valence-corrected chi connectivity index (χ0v) is 13.8. The van der Waals surface area contributed by atoms with Crippen LogP contribution in [0.2, 0.25) is 0 Å². The number of nitrogens with one attached hydrogen (secondary N) is 1.